The Hall–Kier alpha value is -1.81. The van der Waals surface area contributed by atoms with Gasteiger partial charge in [-0.3, -0.25) is 0 Å². The van der Waals surface area contributed by atoms with E-state index in [4.69, 9.17) is 10.5 Å². The molecule has 2 aromatic rings. The molecule has 0 saturated carbocycles. The van der Waals surface area contributed by atoms with Crippen molar-refractivity contribution < 1.29 is 4.74 Å². The van der Waals surface area contributed by atoms with Crippen LogP contribution in [-0.4, -0.2) is 9.55 Å². The molecule has 16 heavy (non-hydrogen) atoms. The van der Waals surface area contributed by atoms with Gasteiger partial charge in [-0.05, 0) is 17.7 Å². The van der Waals surface area contributed by atoms with E-state index in [2.05, 4.69) is 4.98 Å². The van der Waals surface area contributed by atoms with Crippen molar-refractivity contribution in [1.29, 1.82) is 0 Å². The molecule has 0 unspecified atom stereocenters. The van der Waals surface area contributed by atoms with Crippen molar-refractivity contribution in [3.05, 3.63) is 48.0 Å². The number of benzene rings is 1. The average Bonchev–Trinajstić information content (AvgIpc) is 2.72. The van der Waals surface area contributed by atoms with Gasteiger partial charge in [0.2, 0.25) is 0 Å². The number of nitrogens with two attached hydrogens (primary N) is 1. The van der Waals surface area contributed by atoms with E-state index in [0.717, 1.165) is 17.0 Å². The molecule has 1 aromatic carbocycles. The molecule has 2 rings (SSSR count). The zero-order valence-corrected chi connectivity index (χ0v) is 9.26. The standard InChI is InChI=1S/C12H15N3O/c1-15-9-14-7-11(15)8-16-12-4-2-3-10(5-12)6-13/h2-5,7,9H,6,8,13H2,1H3. The lowest BCUT2D eigenvalue weighted by atomic mass is 10.2. The van der Waals surface area contributed by atoms with Gasteiger partial charge in [-0.2, -0.15) is 0 Å². The third-order valence-corrected chi connectivity index (χ3v) is 2.44. The number of hydrogen-bond acceptors (Lipinski definition) is 3. The number of aryl methyl sites for hydroxylation is 1. The Morgan fingerprint density at radius 3 is 3.00 bits per heavy atom. The van der Waals surface area contributed by atoms with Gasteiger partial charge in [0.15, 0.2) is 0 Å². The lowest BCUT2D eigenvalue weighted by molar-refractivity contribution is 0.297. The molecule has 84 valence electrons. The molecule has 0 atom stereocenters. The summed E-state index contributed by atoms with van der Waals surface area (Å²) in [6.45, 7) is 1.05. The predicted molar refractivity (Wildman–Crippen MR) is 61.9 cm³/mol. The highest BCUT2D eigenvalue weighted by Gasteiger charge is 2.00. The van der Waals surface area contributed by atoms with Gasteiger partial charge in [0.05, 0.1) is 18.2 Å². The molecule has 0 aliphatic rings. The van der Waals surface area contributed by atoms with Crippen molar-refractivity contribution in [3.63, 3.8) is 0 Å². The van der Waals surface area contributed by atoms with Crippen molar-refractivity contribution >= 4 is 0 Å². The summed E-state index contributed by atoms with van der Waals surface area (Å²) >= 11 is 0. The Morgan fingerprint density at radius 2 is 2.31 bits per heavy atom. The second kappa shape index (κ2) is 4.81. The van der Waals surface area contributed by atoms with Gasteiger partial charge in [0.1, 0.15) is 12.4 Å². The Bertz CT molecular complexity index is 465. The van der Waals surface area contributed by atoms with Crippen LogP contribution < -0.4 is 10.5 Å². The van der Waals surface area contributed by atoms with E-state index in [1.807, 2.05) is 35.9 Å². The summed E-state index contributed by atoms with van der Waals surface area (Å²) in [5.74, 6) is 0.837. The number of ether oxygens (including phenoxy) is 1. The van der Waals surface area contributed by atoms with Crippen LogP contribution in [0.15, 0.2) is 36.8 Å². The van der Waals surface area contributed by atoms with Crippen LogP contribution >= 0.6 is 0 Å². The number of rotatable bonds is 4. The highest BCUT2D eigenvalue weighted by atomic mass is 16.5. The maximum Gasteiger partial charge on any atom is 0.130 e. The molecule has 0 fully saturated rings. The maximum atomic E-state index is 5.66. The van der Waals surface area contributed by atoms with Gasteiger partial charge in [-0.1, -0.05) is 12.1 Å². The van der Waals surface area contributed by atoms with Crippen molar-refractivity contribution in [2.24, 2.45) is 12.8 Å². The van der Waals surface area contributed by atoms with Crippen LogP contribution in [0.5, 0.6) is 5.75 Å². The maximum absolute atomic E-state index is 5.66. The van der Waals surface area contributed by atoms with Crippen molar-refractivity contribution in [1.82, 2.24) is 9.55 Å². The Labute approximate surface area is 94.7 Å². The van der Waals surface area contributed by atoms with Crippen LogP contribution in [0.3, 0.4) is 0 Å². The van der Waals surface area contributed by atoms with Gasteiger partial charge in [-0.25, -0.2) is 4.98 Å². The molecule has 0 amide bonds. The number of hydrogen-bond donors (Lipinski definition) is 1. The Morgan fingerprint density at radius 1 is 1.44 bits per heavy atom. The lowest BCUT2D eigenvalue weighted by Crippen LogP contribution is -2.02. The van der Waals surface area contributed by atoms with Crippen LogP contribution in [0.1, 0.15) is 11.3 Å². The van der Waals surface area contributed by atoms with Crippen molar-refractivity contribution in [2.45, 2.75) is 13.2 Å². The summed E-state index contributed by atoms with van der Waals surface area (Å²) < 4.78 is 7.59. The molecule has 1 aromatic heterocycles. The van der Waals surface area contributed by atoms with Crippen molar-refractivity contribution in [3.8, 4) is 5.75 Å². The van der Waals surface area contributed by atoms with E-state index >= 15 is 0 Å². The highest BCUT2D eigenvalue weighted by Crippen LogP contribution is 2.14. The van der Waals surface area contributed by atoms with Crippen molar-refractivity contribution in [2.75, 3.05) is 0 Å². The molecule has 4 heteroatoms. The summed E-state index contributed by atoms with van der Waals surface area (Å²) in [7, 11) is 1.95. The normalized spacial score (nSPS) is 10.4. The van der Waals surface area contributed by atoms with Crippen LogP contribution in [-0.2, 0) is 20.2 Å². The van der Waals surface area contributed by atoms with Crippen LogP contribution in [0, 0.1) is 0 Å². The van der Waals surface area contributed by atoms with Crippen LogP contribution in [0.25, 0.3) is 0 Å². The first-order valence-electron chi connectivity index (χ1n) is 5.16. The molecular weight excluding hydrogens is 202 g/mol. The molecular formula is C12H15N3O. The predicted octanol–water partition coefficient (Wildman–Crippen LogP) is 1.46. The second-order valence-corrected chi connectivity index (χ2v) is 3.64. The summed E-state index contributed by atoms with van der Waals surface area (Å²) in [5.41, 5.74) is 7.68. The zero-order valence-electron chi connectivity index (χ0n) is 9.26. The van der Waals surface area contributed by atoms with E-state index in [9.17, 15) is 0 Å². The fraction of sp³-hybridized carbons (Fsp3) is 0.250. The van der Waals surface area contributed by atoms with Gasteiger partial charge < -0.3 is 15.0 Å². The first-order chi connectivity index (χ1) is 7.79. The summed E-state index contributed by atoms with van der Waals surface area (Å²) in [6.07, 6.45) is 3.56. The minimum Gasteiger partial charge on any atom is -0.487 e. The lowest BCUT2D eigenvalue weighted by Gasteiger charge is -2.07. The van der Waals surface area contributed by atoms with Crippen LogP contribution in [0.2, 0.25) is 0 Å². The van der Waals surface area contributed by atoms with E-state index < -0.39 is 0 Å². The van der Waals surface area contributed by atoms with Gasteiger partial charge in [-0.15, -0.1) is 0 Å². The van der Waals surface area contributed by atoms with E-state index in [1.165, 1.54) is 0 Å². The SMILES string of the molecule is Cn1cncc1COc1cccc(CN)c1. The molecule has 0 aliphatic carbocycles. The summed E-state index contributed by atoms with van der Waals surface area (Å²) in [6, 6.07) is 7.81. The molecule has 2 N–H and O–H groups in total. The summed E-state index contributed by atoms with van der Waals surface area (Å²) in [5, 5.41) is 0. The van der Waals surface area contributed by atoms with Gasteiger partial charge in [0, 0.05) is 13.6 Å². The minimum atomic E-state index is 0.518. The molecule has 0 spiro atoms. The average molecular weight is 217 g/mol. The van der Waals surface area contributed by atoms with E-state index in [0.29, 0.717) is 13.2 Å². The fourth-order valence-corrected chi connectivity index (χ4v) is 1.44. The van der Waals surface area contributed by atoms with E-state index in [-0.39, 0.29) is 0 Å². The molecule has 4 nitrogen and oxygen atoms in total. The first kappa shape index (κ1) is 10.7. The quantitative estimate of drug-likeness (QED) is 0.843. The minimum absolute atomic E-state index is 0.518. The Kier molecular flexibility index (Phi) is 3.22. The van der Waals surface area contributed by atoms with Gasteiger partial charge >= 0.3 is 0 Å². The molecule has 0 bridgehead atoms. The second-order valence-electron chi connectivity index (χ2n) is 3.64. The molecule has 0 saturated heterocycles. The summed E-state index contributed by atoms with van der Waals surface area (Å²) in [4.78, 5) is 4.03. The third-order valence-electron chi connectivity index (χ3n) is 2.44. The number of nitrogens with zero attached hydrogens (tertiary/aromatic N) is 2. The smallest absolute Gasteiger partial charge is 0.130 e. The third kappa shape index (κ3) is 2.41. The highest BCUT2D eigenvalue weighted by molar-refractivity contribution is 5.28. The number of imidazole rings is 1. The fourth-order valence-electron chi connectivity index (χ4n) is 1.44. The topological polar surface area (TPSA) is 53.1 Å². The molecule has 0 radical (unpaired) electrons. The Balaban J connectivity index is 2.02. The molecule has 1 heterocycles. The largest absolute Gasteiger partial charge is 0.487 e. The van der Waals surface area contributed by atoms with Gasteiger partial charge in [0.25, 0.3) is 0 Å². The van der Waals surface area contributed by atoms with Crippen LogP contribution in [0.4, 0.5) is 0 Å². The number of aromatic nitrogens is 2. The molecule has 0 aliphatic heterocycles. The zero-order chi connectivity index (χ0) is 11.4. The monoisotopic (exact) mass is 217 g/mol. The first-order valence-corrected chi connectivity index (χ1v) is 5.16. The van der Waals surface area contributed by atoms with E-state index in [1.54, 1.807) is 12.5 Å².